The number of aromatic nitrogens is 1. The fourth-order valence-electron chi connectivity index (χ4n) is 5.50. The quantitative estimate of drug-likeness (QED) is 0.119. The third-order valence-corrected chi connectivity index (χ3v) is 11.5. The number of H-pyrrole nitrogens is 1. The molecule has 0 unspecified atom stereocenters. The number of hydrogen-bond acceptors (Lipinski definition) is 6. The number of aromatic amines is 1. The Bertz CT molecular complexity index is 1840. The fourth-order valence-corrected chi connectivity index (χ4v) is 8.50. The Kier molecular flexibility index (Phi) is 12.4. The average molecular weight is 683 g/mol. The molecule has 12 heteroatoms. The summed E-state index contributed by atoms with van der Waals surface area (Å²) in [7, 11) is -7.84. The topological polar surface area (TPSA) is 149 Å². The van der Waals surface area contributed by atoms with Crippen molar-refractivity contribution in [1.82, 2.24) is 19.3 Å². The van der Waals surface area contributed by atoms with Gasteiger partial charge in [0.2, 0.25) is 26.0 Å². The molecule has 0 bridgehead atoms. The summed E-state index contributed by atoms with van der Waals surface area (Å²) in [6, 6.07) is 19.0. The Morgan fingerprint density at radius 1 is 0.872 bits per heavy atom. The van der Waals surface area contributed by atoms with Crippen LogP contribution in [0.3, 0.4) is 0 Å². The SMILES string of the molecule is Cc1ccc(S(=O)(=O)N[C@@H](Cc2c[nH]c3ccccc23)C(=O)NCCCC[C@@H](CO)N(CC(C)C)S(=O)(=O)c2ccc(C)cc2)cc1. The summed E-state index contributed by atoms with van der Waals surface area (Å²) < 4.78 is 57.7. The standard InChI is InChI=1S/C35H46N4O6S2/c1-25(2)23-39(47(44,45)31-18-14-27(4)15-19-31)29(24-40)9-7-8-20-36-35(41)34(21-28-22-37-33-11-6-5-10-32(28)33)38-46(42,43)30-16-12-26(3)13-17-30/h5-6,10-19,22,25,29,34,37-38,40H,7-9,20-21,23-24H2,1-4H3,(H,36,41)/t29-,34-/m0/s1. The van der Waals surface area contributed by atoms with Crippen LogP contribution in [0, 0.1) is 19.8 Å². The first-order chi connectivity index (χ1) is 22.3. The molecule has 0 fully saturated rings. The van der Waals surface area contributed by atoms with E-state index < -0.39 is 38.0 Å². The Labute approximate surface area is 278 Å². The third-order valence-electron chi connectivity index (χ3n) is 8.10. The number of nitrogens with zero attached hydrogens (tertiary/aromatic N) is 1. The smallest absolute Gasteiger partial charge is 0.243 e. The predicted molar refractivity (Wildman–Crippen MR) is 185 cm³/mol. The van der Waals surface area contributed by atoms with E-state index in [1.807, 2.05) is 52.0 Å². The summed E-state index contributed by atoms with van der Waals surface area (Å²) in [5.41, 5.74) is 3.56. The zero-order valence-electron chi connectivity index (χ0n) is 27.4. The number of rotatable bonds is 17. The second kappa shape index (κ2) is 16.0. The molecule has 0 aliphatic rings. The summed E-state index contributed by atoms with van der Waals surface area (Å²) in [5.74, 6) is -0.422. The molecule has 254 valence electrons. The van der Waals surface area contributed by atoms with E-state index in [0.29, 0.717) is 19.3 Å². The van der Waals surface area contributed by atoms with E-state index in [4.69, 9.17) is 0 Å². The van der Waals surface area contributed by atoms with Gasteiger partial charge in [-0.15, -0.1) is 0 Å². The lowest BCUT2D eigenvalue weighted by Crippen LogP contribution is -2.48. The molecule has 0 saturated carbocycles. The van der Waals surface area contributed by atoms with Crippen LogP contribution >= 0.6 is 0 Å². The maximum Gasteiger partial charge on any atom is 0.243 e. The molecular weight excluding hydrogens is 637 g/mol. The monoisotopic (exact) mass is 682 g/mol. The molecule has 3 aromatic carbocycles. The second-order valence-corrected chi connectivity index (χ2v) is 16.1. The molecule has 0 spiro atoms. The molecule has 1 amide bonds. The molecule has 4 aromatic rings. The van der Waals surface area contributed by atoms with Crippen LogP contribution in [0.4, 0.5) is 0 Å². The van der Waals surface area contributed by atoms with Gasteiger partial charge in [0.05, 0.1) is 16.4 Å². The van der Waals surface area contributed by atoms with E-state index in [0.717, 1.165) is 27.6 Å². The Morgan fingerprint density at radius 3 is 2.11 bits per heavy atom. The molecule has 0 aliphatic carbocycles. The number of aliphatic hydroxyl groups is 1. The van der Waals surface area contributed by atoms with Gasteiger partial charge in [0.1, 0.15) is 6.04 Å². The highest BCUT2D eigenvalue weighted by atomic mass is 32.2. The van der Waals surface area contributed by atoms with Crippen LogP contribution in [0.5, 0.6) is 0 Å². The highest BCUT2D eigenvalue weighted by Crippen LogP contribution is 2.23. The lowest BCUT2D eigenvalue weighted by molar-refractivity contribution is -0.122. The van der Waals surface area contributed by atoms with Gasteiger partial charge in [0, 0.05) is 36.2 Å². The van der Waals surface area contributed by atoms with Gasteiger partial charge in [-0.25, -0.2) is 16.8 Å². The number of fused-ring (bicyclic) bond motifs is 1. The van der Waals surface area contributed by atoms with E-state index in [2.05, 4.69) is 15.0 Å². The Morgan fingerprint density at radius 2 is 1.49 bits per heavy atom. The largest absolute Gasteiger partial charge is 0.395 e. The molecule has 2 atom stereocenters. The van der Waals surface area contributed by atoms with Crippen molar-refractivity contribution in [2.24, 2.45) is 5.92 Å². The number of para-hydroxylation sites is 1. The molecule has 47 heavy (non-hydrogen) atoms. The lowest BCUT2D eigenvalue weighted by atomic mass is 10.0. The summed E-state index contributed by atoms with van der Waals surface area (Å²) in [6.07, 6.45) is 3.35. The number of sulfonamides is 2. The van der Waals surface area contributed by atoms with Crippen LogP contribution in [0.1, 0.15) is 49.8 Å². The molecule has 4 N–H and O–H groups in total. The Hall–Kier alpha value is -3.55. The zero-order chi connectivity index (χ0) is 34.2. The number of unbranched alkanes of at least 4 members (excludes halogenated alkanes) is 1. The van der Waals surface area contributed by atoms with Gasteiger partial charge in [-0.05, 0) is 74.9 Å². The van der Waals surface area contributed by atoms with Crippen molar-refractivity contribution in [3.8, 4) is 0 Å². The van der Waals surface area contributed by atoms with Gasteiger partial charge in [0.15, 0.2) is 0 Å². The molecule has 1 aromatic heterocycles. The lowest BCUT2D eigenvalue weighted by Gasteiger charge is -2.31. The molecule has 0 aliphatic heterocycles. The second-order valence-electron chi connectivity index (χ2n) is 12.5. The molecule has 10 nitrogen and oxygen atoms in total. The van der Waals surface area contributed by atoms with E-state index in [1.54, 1.807) is 42.6 Å². The molecular formula is C35H46N4O6S2. The first kappa shape index (κ1) is 36.3. The molecule has 1 heterocycles. The first-order valence-electron chi connectivity index (χ1n) is 15.9. The highest BCUT2D eigenvalue weighted by Gasteiger charge is 2.32. The van der Waals surface area contributed by atoms with Crippen molar-refractivity contribution in [1.29, 1.82) is 0 Å². The number of carbonyl (C=O) groups excluding carboxylic acids is 1. The maximum absolute atomic E-state index is 13.6. The van der Waals surface area contributed by atoms with E-state index in [1.165, 1.54) is 16.4 Å². The predicted octanol–water partition coefficient (Wildman–Crippen LogP) is 4.67. The number of aryl methyl sites for hydroxylation is 2. The van der Waals surface area contributed by atoms with Crippen LogP contribution < -0.4 is 10.0 Å². The van der Waals surface area contributed by atoms with Gasteiger partial charge < -0.3 is 15.4 Å². The van der Waals surface area contributed by atoms with Gasteiger partial charge in [-0.3, -0.25) is 4.79 Å². The number of benzene rings is 3. The van der Waals surface area contributed by atoms with E-state index in [-0.39, 0.29) is 41.8 Å². The third kappa shape index (κ3) is 9.51. The van der Waals surface area contributed by atoms with Crippen LogP contribution in [-0.4, -0.2) is 68.9 Å². The summed E-state index contributed by atoms with van der Waals surface area (Å²) in [4.78, 5) is 16.9. The average Bonchev–Trinajstić information content (AvgIpc) is 3.44. The van der Waals surface area contributed by atoms with Crippen molar-refractivity contribution in [3.63, 3.8) is 0 Å². The fraction of sp³-hybridized carbons (Fsp3) is 0.400. The van der Waals surface area contributed by atoms with Crippen LogP contribution in [-0.2, 0) is 31.3 Å². The Balaban J connectivity index is 1.42. The van der Waals surface area contributed by atoms with E-state index in [9.17, 15) is 26.7 Å². The van der Waals surface area contributed by atoms with Crippen molar-refractivity contribution in [3.05, 3.63) is 95.7 Å². The van der Waals surface area contributed by atoms with E-state index >= 15 is 0 Å². The van der Waals surface area contributed by atoms with Gasteiger partial charge in [-0.1, -0.05) is 73.9 Å². The van der Waals surface area contributed by atoms with Crippen LogP contribution in [0.25, 0.3) is 10.9 Å². The van der Waals surface area contributed by atoms with Crippen LogP contribution in [0.15, 0.2) is 88.8 Å². The normalized spacial score (nSPS) is 13.7. The number of amides is 1. The summed E-state index contributed by atoms with van der Waals surface area (Å²) in [6.45, 7) is 7.80. The van der Waals surface area contributed by atoms with Gasteiger partial charge >= 0.3 is 0 Å². The molecule has 0 radical (unpaired) electrons. The minimum atomic E-state index is -4.00. The number of aliphatic hydroxyl groups excluding tert-OH is 1. The van der Waals surface area contributed by atoms with Gasteiger partial charge in [-0.2, -0.15) is 9.03 Å². The van der Waals surface area contributed by atoms with Crippen molar-refractivity contribution in [2.75, 3.05) is 19.7 Å². The number of hydrogen-bond donors (Lipinski definition) is 4. The summed E-state index contributed by atoms with van der Waals surface area (Å²) in [5, 5.41) is 14.0. The maximum atomic E-state index is 13.6. The first-order valence-corrected chi connectivity index (χ1v) is 18.8. The molecule has 0 saturated heterocycles. The van der Waals surface area contributed by atoms with Crippen molar-refractivity contribution >= 4 is 36.9 Å². The number of carbonyl (C=O) groups is 1. The van der Waals surface area contributed by atoms with Crippen molar-refractivity contribution in [2.45, 2.75) is 75.3 Å². The minimum absolute atomic E-state index is 0.0429. The number of nitrogens with one attached hydrogen (secondary N) is 3. The summed E-state index contributed by atoms with van der Waals surface area (Å²) >= 11 is 0. The van der Waals surface area contributed by atoms with Crippen molar-refractivity contribution < 1.29 is 26.7 Å². The zero-order valence-corrected chi connectivity index (χ0v) is 29.1. The molecule has 4 rings (SSSR count). The van der Waals surface area contributed by atoms with Crippen LogP contribution in [0.2, 0.25) is 0 Å². The van der Waals surface area contributed by atoms with Gasteiger partial charge in [0.25, 0.3) is 0 Å². The highest BCUT2D eigenvalue weighted by molar-refractivity contribution is 7.89. The minimum Gasteiger partial charge on any atom is -0.395 e.